The lowest BCUT2D eigenvalue weighted by molar-refractivity contribution is -0.138. The van der Waals surface area contributed by atoms with Crippen LogP contribution in [0.4, 0.5) is 0 Å². The van der Waals surface area contributed by atoms with E-state index in [1.807, 2.05) is 0 Å². The fourth-order valence-electron chi connectivity index (χ4n) is 1.14. The van der Waals surface area contributed by atoms with Gasteiger partial charge in [-0.15, -0.1) is 0 Å². The summed E-state index contributed by atoms with van der Waals surface area (Å²) in [5, 5.41) is 11.1. The summed E-state index contributed by atoms with van der Waals surface area (Å²) in [7, 11) is 0. The highest BCUT2D eigenvalue weighted by atomic mass is 16.4. The van der Waals surface area contributed by atoms with Crippen LogP contribution in [0.15, 0.2) is 0 Å². The quantitative estimate of drug-likeness (QED) is 0.654. The average Bonchev–Trinajstić information content (AvgIpc) is 2.16. The maximum absolute atomic E-state index is 11.1. The molecule has 0 rings (SSSR count). The molecule has 0 heterocycles. The molecule has 0 aromatic rings. The fourth-order valence-corrected chi connectivity index (χ4v) is 1.14. The van der Waals surface area contributed by atoms with Gasteiger partial charge in [0, 0.05) is 13.0 Å². The van der Waals surface area contributed by atoms with Crippen LogP contribution >= 0.6 is 0 Å². The molecule has 0 spiro atoms. The summed E-state index contributed by atoms with van der Waals surface area (Å²) in [6, 6.07) is 0. The van der Waals surface area contributed by atoms with Crippen molar-refractivity contribution >= 4 is 11.9 Å². The molecule has 0 aliphatic heterocycles. The minimum Gasteiger partial charge on any atom is -0.481 e. The SMILES string of the molecule is CCC(CC)CNC(=O)CCC(=O)O. The van der Waals surface area contributed by atoms with E-state index in [2.05, 4.69) is 19.2 Å². The van der Waals surface area contributed by atoms with Crippen LogP contribution in [0, 0.1) is 5.92 Å². The molecular weight excluding hydrogens is 182 g/mol. The summed E-state index contributed by atoms with van der Waals surface area (Å²) in [5.41, 5.74) is 0. The van der Waals surface area contributed by atoms with E-state index in [9.17, 15) is 9.59 Å². The Morgan fingerprint density at radius 3 is 2.21 bits per heavy atom. The third-order valence-electron chi connectivity index (χ3n) is 2.31. The number of hydrogen-bond donors (Lipinski definition) is 2. The van der Waals surface area contributed by atoms with Crippen LogP contribution < -0.4 is 5.32 Å². The maximum Gasteiger partial charge on any atom is 0.303 e. The second kappa shape index (κ2) is 7.35. The van der Waals surface area contributed by atoms with Crippen LogP contribution in [-0.4, -0.2) is 23.5 Å². The number of carboxylic acid groups (broad SMARTS) is 1. The monoisotopic (exact) mass is 201 g/mol. The lowest BCUT2D eigenvalue weighted by atomic mass is 10.0. The molecule has 0 saturated heterocycles. The fraction of sp³-hybridized carbons (Fsp3) is 0.800. The Balaban J connectivity index is 3.57. The van der Waals surface area contributed by atoms with Crippen molar-refractivity contribution in [2.24, 2.45) is 5.92 Å². The van der Waals surface area contributed by atoms with Gasteiger partial charge in [-0.3, -0.25) is 9.59 Å². The standard InChI is InChI=1S/C10H19NO3/c1-3-8(4-2)7-11-9(12)5-6-10(13)14/h8H,3-7H2,1-2H3,(H,11,12)(H,13,14). The maximum atomic E-state index is 11.1. The molecule has 0 aliphatic rings. The lowest BCUT2D eigenvalue weighted by Gasteiger charge is -2.12. The number of hydrogen-bond acceptors (Lipinski definition) is 2. The molecule has 14 heavy (non-hydrogen) atoms. The van der Waals surface area contributed by atoms with Crippen LogP contribution in [-0.2, 0) is 9.59 Å². The summed E-state index contributed by atoms with van der Waals surface area (Å²) in [6.45, 7) is 4.82. The molecule has 2 N–H and O–H groups in total. The molecule has 4 nitrogen and oxygen atoms in total. The third-order valence-corrected chi connectivity index (χ3v) is 2.31. The van der Waals surface area contributed by atoms with Crippen molar-refractivity contribution in [2.75, 3.05) is 6.54 Å². The largest absolute Gasteiger partial charge is 0.481 e. The number of aliphatic carboxylic acids is 1. The summed E-state index contributed by atoms with van der Waals surface area (Å²) < 4.78 is 0. The second-order valence-electron chi connectivity index (χ2n) is 3.38. The Bertz CT molecular complexity index is 188. The van der Waals surface area contributed by atoms with E-state index in [-0.39, 0.29) is 18.7 Å². The van der Waals surface area contributed by atoms with Crippen LogP contribution in [0.5, 0.6) is 0 Å². The molecule has 0 saturated carbocycles. The Hall–Kier alpha value is -1.06. The predicted octanol–water partition coefficient (Wildman–Crippen LogP) is 1.40. The second-order valence-corrected chi connectivity index (χ2v) is 3.38. The van der Waals surface area contributed by atoms with E-state index in [1.54, 1.807) is 0 Å². The molecule has 4 heteroatoms. The Morgan fingerprint density at radius 2 is 1.79 bits per heavy atom. The van der Waals surface area contributed by atoms with E-state index < -0.39 is 5.97 Å². The Labute approximate surface area is 84.7 Å². The van der Waals surface area contributed by atoms with Gasteiger partial charge in [0.25, 0.3) is 0 Å². The first-order valence-corrected chi connectivity index (χ1v) is 5.08. The van der Waals surface area contributed by atoms with Crippen LogP contribution in [0.1, 0.15) is 39.5 Å². The first-order valence-electron chi connectivity index (χ1n) is 5.08. The van der Waals surface area contributed by atoms with Gasteiger partial charge in [0.15, 0.2) is 0 Å². The molecule has 0 radical (unpaired) electrons. The molecule has 0 bridgehead atoms. The van der Waals surface area contributed by atoms with Crippen molar-refractivity contribution in [3.63, 3.8) is 0 Å². The normalized spacial score (nSPS) is 10.2. The minimum absolute atomic E-state index is 0.0789. The summed E-state index contributed by atoms with van der Waals surface area (Å²) >= 11 is 0. The minimum atomic E-state index is -0.928. The van der Waals surface area contributed by atoms with Gasteiger partial charge in [0.1, 0.15) is 0 Å². The smallest absolute Gasteiger partial charge is 0.303 e. The van der Waals surface area contributed by atoms with Crippen molar-refractivity contribution in [2.45, 2.75) is 39.5 Å². The van der Waals surface area contributed by atoms with E-state index in [0.29, 0.717) is 12.5 Å². The Kier molecular flexibility index (Phi) is 6.80. The average molecular weight is 201 g/mol. The van der Waals surface area contributed by atoms with Gasteiger partial charge in [0.2, 0.25) is 5.91 Å². The topological polar surface area (TPSA) is 66.4 Å². The molecule has 0 fully saturated rings. The van der Waals surface area contributed by atoms with Gasteiger partial charge < -0.3 is 10.4 Å². The first kappa shape index (κ1) is 12.9. The van der Waals surface area contributed by atoms with Crippen molar-refractivity contribution in [1.82, 2.24) is 5.32 Å². The van der Waals surface area contributed by atoms with Crippen molar-refractivity contribution in [1.29, 1.82) is 0 Å². The van der Waals surface area contributed by atoms with Gasteiger partial charge in [-0.05, 0) is 5.92 Å². The molecule has 0 aliphatic carbocycles. The van der Waals surface area contributed by atoms with Crippen molar-refractivity contribution in [3.05, 3.63) is 0 Å². The van der Waals surface area contributed by atoms with Gasteiger partial charge in [0.05, 0.1) is 6.42 Å². The number of carboxylic acids is 1. The summed E-state index contributed by atoms with van der Waals surface area (Å²) in [5.74, 6) is -0.592. The highest BCUT2D eigenvalue weighted by Crippen LogP contribution is 2.05. The molecule has 82 valence electrons. The zero-order chi connectivity index (χ0) is 11.0. The van der Waals surface area contributed by atoms with Crippen molar-refractivity contribution in [3.8, 4) is 0 Å². The van der Waals surface area contributed by atoms with Gasteiger partial charge in [-0.1, -0.05) is 26.7 Å². The first-order chi connectivity index (χ1) is 6.60. The van der Waals surface area contributed by atoms with E-state index in [0.717, 1.165) is 12.8 Å². The number of carbonyl (C=O) groups is 2. The zero-order valence-electron chi connectivity index (χ0n) is 8.88. The van der Waals surface area contributed by atoms with Crippen LogP contribution in [0.25, 0.3) is 0 Å². The summed E-state index contributed by atoms with van der Waals surface area (Å²) in [4.78, 5) is 21.3. The van der Waals surface area contributed by atoms with E-state index in [1.165, 1.54) is 0 Å². The van der Waals surface area contributed by atoms with Crippen LogP contribution in [0.3, 0.4) is 0 Å². The molecular formula is C10H19NO3. The predicted molar refractivity (Wildman–Crippen MR) is 54.0 cm³/mol. The number of carbonyl (C=O) groups excluding carboxylic acids is 1. The number of nitrogens with one attached hydrogen (secondary N) is 1. The number of rotatable bonds is 7. The van der Waals surface area contributed by atoms with Crippen LogP contribution in [0.2, 0.25) is 0 Å². The third kappa shape index (κ3) is 6.46. The van der Waals surface area contributed by atoms with Gasteiger partial charge >= 0.3 is 5.97 Å². The molecule has 0 unspecified atom stereocenters. The van der Waals surface area contributed by atoms with E-state index in [4.69, 9.17) is 5.11 Å². The van der Waals surface area contributed by atoms with Crippen molar-refractivity contribution < 1.29 is 14.7 Å². The molecule has 0 aromatic carbocycles. The molecule has 0 aromatic heterocycles. The summed E-state index contributed by atoms with van der Waals surface area (Å²) in [6.07, 6.45) is 2.07. The number of amides is 1. The highest BCUT2D eigenvalue weighted by molar-refractivity contribution is 5.80. The van der Waals surface area contributed by atoms with Gasteiger partial charge in [-0.2, -0.15) is 0 Å². The molecule has 1 amide bonds. The highest BCUT2D eigenvalue weighted by Gasteiger charge is 2.07. The van der Waals surface area contributed by atoms with Gasteiger partial charge in [-0.25, -0.2) is 0 Å². The molecule has 0 atom stereocenters. The van der Waals surface area contributed by atoms with E-state index >= 15 is 0 Å². The lowest BCUT2D eigenvalue weighted by Crippen LogP contribution is -2.29. The Morgan fingerprint density at radius 1 is 1.21 bits per heavy atom. The zero-order valence-corrected chi connectivity index (χ0v) is 8.88.